The van der Waals surface area contributed by atoms with Crippen LogP contribution in [0, 0.1) is 6.92 Å². The standard InChI is InChI=1S/C15H14F3N3O3/c1-8-7-12(15(16,17)18)20-21(8)9(2)13(22)19-11-5-3-10(4-6-11)14(23)24/h3-7,9H,1-2H3,(H,19,22)(H,23,24)/t9-/m1/s1. The number of carbonyl (C=O) groups excluding carboxylic acids is 1. The number of anilines is 1. The largest absolute Gasteiger partial charge is 0.478 e. The second-order valence-electron chi connectivity index (χ2n) is 5.16. The summed E-state index contributed by atoms with van der Waals surface area (Å²) in [6.07, 6.45) is -4.58. The lowest BCUT2D eigenvalue weighted by Gasteiger charge is -2.14. The van der Waals surface area contributed by atoms with Gasteiger partial charge in [0.25, 0.3) is 0 Å². The van der Waals surface area contributed by atoms with Crippen molar-refractivity contribution in [3.05, 3.63) is 47.3 Å². The summed E-state index contributed by atoms with van der Waals surface area (Å²) in [5, 5.41) is 14.7. The number of carbonyl (C=O) groups is 2. The summed E-state index contributed by atoms with van der Waals surface area (Å²) in [6, 6.07) is 5.30. The number of amides is 1. The van der Waals surface area contributed by atoms with E-state index in [1.807, 2.05) is 0 Å². The maximum absolute atomic E-state index is 12.7. The summed E-state index contributed by atoms with van der Waals surface area (Å²) in [7, 11) is 0. The van der Waals surface area contributed by atoms with E-state index in [9.17, 15) is 22.8 Å². The van der Waals surface area contributed by atoms with Crippen molar-refractivity contribution in [2.45, 2.75) is 26.1 Å². The van der Waals surface area contributed by atoms with Crippen molar-refractivity contribution >= 4 is 17.6 Å². The molecule has 1 amide bonds. The van der Waals surface area contributed by atoms with Crippen LogP contribution in [0.1, 0.15) is 34.7 Å². The van der Waals surface area contributed by atoms with E-state index in [-0.39, 0.29) is 11.3 Å². The SMILES string of the molecule is Cc1cc(C(F)(F)F)nn1[C@H](C)C(=O)Nc1ccc(C(=O)O)cc1. The minimum atomic E-state index is -4.58. The van der Waals surface area contributed by atoms with Crippen LogP contribution in [0.15, 0.2) is 30.3 Å². The fraction of sp³-hybridized carbons (Fsp3) is 0.267. The Hall–Kier alpha value is -2.84. The molecular weight excluding hydrogens is 327 g/mol. The van der Waals surface area contributed by atoms with E-state index < -0.39 is 29.8 Å². The summed E-state index contributed by atoms with van der Waals surface area (Å²) in [5.74, 6) is -1.67. The molecule has 9 heteroatoms. The molecule has 2 N–H and O–H groups in total. The van der Waals surface area contributed by atoms with E-state index in [0.717, 1.165) is 10.7 Å². The lowest BCUT2D eigenvalue weighted by molar-refractivity contribution is -0.141. The van der Waals surface area contributed by atoms with Crippen LogP contribution in [-0.2, 0) is 11.0 Å². The number of carboxylic acids is 1. The highest BCUT2D eigenvalue weighted by Crippen LogP contribution is 2.29. The molecule has 0 fully saturated rings. The van der Waals surface area contributed by atoms with Crippen LogP contribution in [0.3, 0.4) is 0 Å². The molecule has 0 unspecified atom stereocenters. The van der Waals surface area contributed by atoms with Crippen molar-refractivity contribution in [3.63, 3.8) is 0 Å². The van der Waals surface area contributed by atoms with Crippen LogP contribution in [0.5, 0.6) is 0 Å². The molecule has 2 aromatic rings. The van der Waals surface area contributed by atoms with E-state index in [4.69, 9.17) is 5.11 Å². The molecule has 1 heterocycles. The van der Waals surface area contributed by atoms with Crippen LogP contribution in [-0.4, -0.2) is 26.8 Å². The fourth-order valence-electron chi connectivity index (χ4n) is 2.07. The minimum absolute atomic E-state index is 0.0544. The molecule has 0 saturated heterocycles. The number of hydrogen-bond acceptors (Lipinski definition) is 3. The van der Waals surface area contributed by atoms with Gasteiger partial charge < -0.3 is 10.4 Å². The molecule has 1 aromatic heterocycles. The van der Waals surface area contributed by atoms with Crippen LogP contribution >= 0.6 is 0 Å². The van der Waals surface area contributed by atoms with E-state index in [0.29, 0.717) is 5.69 Å². The third kappa shape index (κ3) is 3.73. The summed E-state index contributed by atoms with van der Waals surface area (Å²) >= 11 is 0. The second-order valence-corrected chi connectivity index (χ2v) is 5.16. The number of hydrogen-bond donors (Lipinski definition) is 2. The number of aryl methyl sites for hydroxylation is 1. The van der Waals surface area contributed by atoms with E-state index >= 15 is 0 Å². The molecule has 128 valence electrons. The molecule has 0 spiro atoms. The molecule has 1 aromatic carbocycles. The third-order valence-corrected chi connectivity index (χ3v) is 3.36. The normalized spacial score (nSPS) is 12.7. The van der Waals surface area contributed by atoms with Gasteiger partial charge in [-0.3, -0.25) is 9.48 Å². The Morgan fingerprint density at radius 3 is 2.29 bits per heavy atom. The number of nitrogens with zero attached hydrogens (tertiary/aromatic N) is 2. The Morgan fingerprint density at radius 2 is 1.83 bits per heavy atom. The van der Waals surface area contributed by atoms with Gasteiger partial charge in [0.1, 0.15) is 6.04 Å². The van der Waals surface area contributed by atoms with Gasteiger partial charge in [0.05, 0.1) is 5.56 Å². The van der Waals surface area contributed by atoms with Gasteiger partial charge in [0.2, 0.25) is 5.91 Å². The summed E-state index contributed by atoms with van der Waals surface area (Å²) in [5.41, 5.74) is -0.479. The molecule has 0 aliphatic carbocycles. The van der Waals surface area contributed by atoms with Crippen molar-refractivity contribution in [1.82, 2.24) is 9.78 Å². The molecular formula is C15H14F3N3O3. The second kappa shape index (κ2) is 6.34. The average molecular weight is 341 g/mol. The quantitative estimate of drug-likeness (QED) is 0.895. The van der Waals surface area contributed by atoms with Crippen molar-refractivity contribution in [1.29, 1.82) is 0 Å². The Labute approximate surface area is 134 Å². The van der Waals surface area contributed by atoms with E-state index in [1.165, 1.54) is 38.1 Å². The monoisotopic (exact) mass is 341 g/mol. The molecule has 6 nitrogen and oxygen atoms in total. The summed E-state index contributed by atoms with van der Waals surface area (Å²) in [6.45, 7) is 2.84. The highest BCUT2D eigenvalue weighted by Gasteiger charge is 2.35. The molecule has 24 heavy (non-hydrogen) atoms. The van der Waals surface area contributed by atoms with Gasteiger partial charge in [-0.15, -0.1) is 0 Å². The van der Waals surface area contributed by atoms with Gasteiger partial charge in [0, 0.05) is 11.4 Å². The van der Waals surface area contributed by atoms with Crippen LogP contribution in [0.2, 0.25) is 0 Å². The average Bonchev–Trinajstić information content (AvgIpc) is 2.89. The molecule has 0 radical (unpaired) electrons. The van der Waals surface area contributed by atoms with Crippen LogP contribution < -0.4 is 5.32 Å². The van der Waals surface area contributed by atoms with E-state index in [1.54, 1.807) is 0 Å². The van der Waals surface area contributed by atoms with Gasteiger partial charge in [-0.05, 0) is 44.2 Å². The number of rotatable bonds is 4. The third-order valence-electron chi connectivity index (χ3n) is 3.36. The summed E-state index contributed by atoms with van der Waals surface area (Å²) < 4.78 is 39.0. The number of aromatic carboxylic acids is 1. The Balaban J connectivity index is 2.15. The topological polar surface area (TPSA) is 84.2 Å². The predicted molar refractivity (Wildman–Crippen MR) is 78.7 cm³/mol. The van der Waals surface area contributed by atoms with Gasteiger partial charge >= 0.3 is 12.1 Å². The Kier molecular flexibility index (Phi) is 4.63. The molecule has 0 saturated carbocycles. The maximum atomic E-state index is 12.7. The summed E-state index contributed by atoms with van der Waals surface area (Å²) in [4.78, 5) is 22.9. The lowest BCUT2D eigenvalue weighted by Crippen LogP contribution is -2.25. The van der Waals surface area contributed by atoms with E-state index in [2.05, 4.69) is 10.4 Å². The highest BCUT2D eigenvalue weighted by molar-refractivity contribution is 5.94. The zero-order chi connectivity index (χ0) is 18.1. The van der Waals surface area contributed by atoms with Gasteiger partial charge in [-0.2, -0.15) is 18.3 Å². The maximum Gasteiger partial charge on any atom is 0.435 e. The van der Waals surface area contributed by atoms with Crippen LogP contribution in [0.4, 0.5) is 18.9 Å². The Morgan fingerprint density at radius 1 is 1.25 bits per heavy atom. The smallest absolute Gasteiger partial charge is 0.435 e. The zero-order valence-electron chi connectivity index (χ0n) is 12.8. The predicted octanol–water partition coefficient (Wildman–Crippen LogP) is 3.11. The Bertz CT molecular complexity index is 767. The number of halogens is 3. The first-order valence-corrected chi connectivity index (χ1v) is 6.87. The molecule has 0 bridgehead atoms. The molecule has 2 rings (SSSR count). The molecule has 1 atom stereocenters. The minimum Gasteiger partial charge on any atom is -0.478 e. The van der Waals surface area contributed by atoms with Crippen LogP contribution in [0.25, 0.3) is 0 Å². The highest BCUT2D eigenvalue weighted by atomic mass is 19.4. The number of benzene rings is 1. The first-order chi connectivity index (χ1) is 11.1. The zero-order valence-corrected chi connectivity index (χ0v) is 12.8. The molecule has 0 aliphatic rings. The number of alkyl halides is 3. The lowest BCUT2D eigenvalue weighted by atomic mass is 10.2. The molecule has 0 aliphatic heterocycles. The van der Waals surface area contributed by atoms with Gasteiger partial charge in [-0.25, -0.2) is 4.79 Å². The van der Waals surface area contributed by atoms with Gasteiger partial charge in [-0.1, -0.05) is 0 Å². The van der Waals surface area contributed by atoms with Gasteiger partial charge in [0.15, 0.2) is 5.69 Å². The number of nitrogens with one attached hydrogen (secondary N) is 1. The van der Waals surface area contributed by atoms with Crippen molar-refractivity contribution in [2.75, 3.05) is 5.32 Å². The first kappa shape index (κ1) is 17.5. The van der Waals surface area contributed by atoms with Crippen molar-refractivity contribution < 1.29 is 27.9 Å². The fourth-order valence-corrected chi connectivity index (χ4v) is 2.07. The first-order valence-electron chi connectivity index (χ1n) is 6.87. The number of aromatic nitrogens is 2. The number of carboxylic acid groups (broad SMARTS) is 1. The van der Waals surface area contributed by atoms with Crippen molar-refractivity contribution in [2.24, 2.45) is 0 Å². The van der Waals surface area contributed by atoms with Crippen molar-refractivity contribution in [3.8, 4) is 0 Å².